The predicted molar refractivity (Wildman–Crippen MR) is 145 cm³/mol. The standard InChI is InChI=1S/C26H33F2N5O5S/c27-23(28)18-5-11-32(17-18)33-10-1-2-21(25(33)36)29-24(35)20-4-3-19(30-39(37,38)15-14-34)16-22(20)31-12-8-26(6-7-26)9-13-31/h1-4,10,16,18,23,30,34H,5-9,11-15,17H2,(H,29,35)/t18-/m0/s1. The first-order chi connectivity index (χ1) is 18.6. The van der Waals surface area contributed by atoms with Crippen molar-refractivity contribution in [3.63, 3.8) is 0 Å². The summed E-state index contributed by atoms with van der Waals surface area (Å²) in [6.45, 7) is 1.26. The van der Waals surface area contributed by atoms with Crippen LogP contribution in [0.4, 0.5) is 25.8 Å². The van der Waals surface area contributed by atoms with Gasteiger partial charge in [0, 0.05) is 38.3 Å². The molecule has 39 heavy (non-hydrogen) atoms. The van der Waals surface area contributed by atoms with E-state index in [2.05, 4.69) is 14.9 Å². The smallest absolute Gasteiger partial charge is 0.292 e. The molecular weight excluding hydrogens is 532 g/mol. The molecule has 0 radical (unpaired) electrons. The molecular formula is C26H33F2N5O5S. The monoisotopic (exact) mass is 565 g/mol. The summed E-state index contributed by atoms with van der Waals surface area (Å²) in [6, 6.07) is 7.63. The van der Waals surface area contributed by atoms with Crippen molar-refractivity contribution in [2.75, 3.05) is 58.5 Å². The average molecular weight is 566 g/mol. The lowest BCUT2D eigenvalue weighted by molar-refractivity contribution is 0.0872. The molecule has 2 saturated heterocycles. The van der Waals surface area contributed by atoms with Crippen molar-refractivity contribution in [2.45, 2.75) is 38.5 Å². The number of hydrogen-bond donors (Lipinski definition) is 3. The molecule has 3 fully saturated rings. The van der Waals surface area contributed by atoms with E-state index in [1.54, 1.807) is 17.1 Å². The summed E-state index contributed by atoms with van der Waals surface area (Å²) in [5, 5.41) is 13.3. The molecule has 2 aliphatic heterocycles. The van der Waals surface area contributed by atoms with Gasteiger partial charge in [0.1, 0.15) is 5.69 Å². The highest BCUT2D eigenvalue weighted by molar-refractivity contribution is 7.92. The van der Waals surface area contributed by atoms with Crippen LogP contribution in [0.25, 0.3) is 0 Å². The number of nitrogens with zero attached hydrogens (tertiary/aromatic N) is 3. The van der Waals surface area contributed by atoms with E-state index in [9.17, 15) is 26.8 Å². The van der Waals surface area contributed by atoms with Crippen LogP contribution in [-0.2, 0) is 10.0 Å². The molecule has 2 aromatic rings. The lowest BCUT2D eigenvalue weighted by atomic mass is 9.93. The van der Waals surface area contributed by atoms with Gasteiger partial charge in [-0.1, -0.05) is 0 Å². The molecule has 3 heterocycles. The number of carbonyl (C=O) groups is 1. The van der Waals surface area contributed by atoms with Gasteiger partial charge in [-0.25, -0.2) is 21.9 Å². The molecule has 1 aromatic heterocycles. The predicted octanol–water partition coefficient (Wildman–Crippen LogP) is 2.44. The maximum absolute atomic E-state index is 13.5. The number of aliphatic hydroxyl groups excluding tert-OH is 1. The first-order valence-electron chi connectivity index (χ1n) is 13.2. The number of alkyl halides is 2. The third kappa shape index (κ3) is 6.03. The average Bonchev–Trinajstić information content (AvgIpc) is 3.45. The molecule has 5 rings (SSSR count). The van der Waals surface area contributed by atoms with Crippen molar-refractivity contribution in [1.29, 1.82) is 0 Å². The Morgan fingerprint density at radius 1 is 1.13 bits per heavy atom. The van der Waals surface area contributed by atoms with Gasteiger partial charge >= 0.3 is 0 Å². The van der Waals surface area contributed by atoms with Crippen molar-refractivity contribution < 1.29 is 27.1 Å². The zero-order valence-electron chi connectivity index (χ0n) is 21.5. The van der Waals surface area contributed by atoms with Gasteiger partial charge in [-0.15, -0.1) is 0 Å². The van der Waals surface area contributed by atoms with E-state index in [4.69, 9.17) is 5.11 Å². The number of aliphatic hydroxyl groups is 1. The number of rotatable bonds is 9. The van der Waals surface area contributed by atoms with Crippen LogP contribution < -0.4 is 25.5 Å². The fourth-order valence-corrected chi connectivity index (χ4v) is 6.29. The molecule has 0 bridgehead atoms. The number of aromatic nitrogens is 1. The second-order valence-electron chi connectivity index (χ2n) is 10.7. The summed E-state index contributed by atoms with van der Waals surface area (Å²) in [5.41, 5.74) is 0.962. The highest BCUT2D eigenvalue weighted by Crippen LogP contribution is 2.54. The summed E-state index contributed by atoms with van der Waals surface area (Å²) < 4.78 is 54.4. The first kappa shape index (κ1) is 27.4. The van der Waals surface area contributed by atoms with Crippen LogP contribution >= 0.6 is 0 Å². The summed E-state index contributed by atoms with van der Waals surface area (Å²) in [7, 11) is -3.77. The summed E-state index contributed by atoms with van der Waals surface area (Å²) in [6.07, 6.45) is 3.66. The van der Waals surface area contributed by atoms with E-state index < -0.39 is 46.2 Å². The Kier molecular flexibility index (Phi) is 7.55. The van der Waals surface area contributed by atoms with Gasteiger partial charge in [0.25, 0.3) is 11.5 Å². The maximum Gasteiger partial charge on any atom is 0.292 e. The summed E-state index contributed by atoms with van der Waals surface area (Å²) in [5.74, 6) is -1.81. The fourth-order valence-electron chi connectivity index (χ4n) is 5.46. The molecule has 3 N–H and O–H groups in total. The Balaban J connectivity index is 1.40. The van der Waals surface area contributed by atoms with Gasteiger partial charge in [-0.2, -0.15) is 0 Å². The van der Waals surface area contributed by atoms with Crippen molar-refractivity contribution in [1.82, 2.24) is 4.68 Å². The van der Waals surface area contributed by atoms with Gasteiger partial charge < -0.3 is 20.3 Å². The molecule has 212 valence electrons. The lowest BCUT2D eigenvalue weighted by Crippen LogP contribution is -2.41. The van der Waals surface area contributed by atoms with Crippen LogP contribution in [0.2, 0.25) is 0 Å². The van der Waals surface area contributed by atoms with Gasteiger partial charge in [0.2, 0.25) is 16.4 Å². The van der Waals surface area contributed by atoms with E-state index in [-0.39, 0.29) is 29.9 Å². The van der Waals surface area contributed by atoms with Crippen LogP contribution in [-0.4, -0.2) is 69.1 Å². The molecule has 0 unspecified atom stereocenters. The molecule has 10 nitrogen and oxygen atoms in total. The van der Waals surface area contributed by atoms with Crippen molar-refractivity contribution >= 4 is 33.0 Å². The van der Waals surface area contributed by atoms with E-state index in [1.807, 2.05) is 0 Å². The minimum Gasteiger partial charge on any atom is -0.395 e. The number of carbonyl (C=O) groups excluding carboxylic acids is 1. The van der Waals surface area contributed by atoms with E-state index in [0.717, 1.165) is 12.8 Å². The van der Waals surface area contributed by atoms with E-state index in [1.165, 1.54) is 41.9 Å². The number of anilines is 3. The molecule has 1 aliphatic carbocycles. The molecule has 1 atom stereocenters. The number of sulfonamides is 1. The quantitative estimate of drug-likeness (QED) is 0.427. The zero-order valence-corrected chi connectivity index (χ0v) is 22.3. The Bertz CT molecular complexity index is 1390. The minimum absolute atomic E-state index is 0.0113. The van der Waals surface area contributed by atoms with E-state index in [0.29, 0.717) is 30.7 Å². The van der Waals surface area contributed by atoms with Crippen LogP contribution in [0.15, 0.2) is 41.3 Å². The number of halogens is 2. The summed E-state index contributed by atoms with van der Waals surface area (Å²) >= 11 is 0. The Labute approximate surface area is 225 Å². The van der Waals surface area contributed by atoms with Crippen molar-refractivity contribution in [3.05, 3.63) is 52.4 Å². The summed E-state index contributed by atoms with van der Waals surface area (Å²) in [4.78, 5) is 28.7. The number of piperidine rings is 1. The first-order valence-corrected chi connectivity index (χ1v) is 14.8. The molecule has 1 aromatic carbocycles. The topological polar surface area (TPSA) is 124 Å². The van der Waals surface area contributed by atoms with Crippen LogP contribution in [0.5, 0.6) is 0 Å². The largest absolute Gasteiger partial charge is 0.395 e. The normalized spacial score (nSPS) is 20.5. The van der Waals surface area contributed by atoms with Crippen LogP contribution in [0.3, 0.4) is 0 Å². The Morgan fingerprint density at radius 2 is 1.87 bits per heavy atom. The number of benzene rings is 1. The van der Waals surface area contributed by atoms with Crippen molar-refractivity contribution in [3.8, 4) is 0 Å². The van der Waals surface area contributed by atoms with Crippen molar-refractivity contribution in [2.24, 2.45) is 11.3 Å². The second kappa shape index (κ2) is 10.8. The van der Waals surface area contributed by atoms with Gasteiger partial charge in [-0.05, 0) is 67.9 Å². The number of pyridine rings is 1. The van der Waals surface area contributed by atoms with Crippen LogP contribution in [0.1, 0.15) is 42.5 Å². The SMILES string of the molecule is O=C(Nc1cccn(N2CC[C@H](C(F)F)C2)c1=O)c1ccc(NS(=O)(=O)CCO)cc1N1CCC2(CC1)CC2. The van der Waals surface area contributed by atoms with E-state index >= 15 is 0 Å². The number of nitrogens with one attached hydrogen (secondary N) is 2. The highest BCUT2D eigenvalue weighted by Gasteiger charge is 2.44. The zero-order chi connectivity index (χ0) is 27.8. The van der Waals surface area contributed by atoms with Gasteiger partial charge in [-0.3, -0.25) is 14.3 Å². The highest BCUT2D eigenvalue weighted by atomic mass is 32.2. The number of amides is 1. The number of hydrogen-bond acceptors (Lipinski definition) is 7. The Hall–Kier alpha value is -3.19. The fraction of sp³-hybridized carbons (Fsp3) is 0.538. The van der Waals surface area contributed by atoms with Gasteiger partial charge in [0.15, 0.2) is 0 Å². The lowest BCUT2D eigenvalue weighted by Gasteiger charge is -2.35. The molecule has 1 spiro atoms. The maximum atomic E-state index is 13.5. The molecule has 1 saturated carbocycles. The molecule has 3 aliphatic rings. The molecule has 1 amide bonds. The minimum atomic E-state index is -3.77. The third-order valence-corrected chi connectivity index (χ3v) is 9.31. The Morgan fingerprint density at radius 3 is 2.51 bits per heavy atom. The third-order valence-electron chi connectivity index (χ3n) is 8.04. The second-order valence-corrected chi connectivity index (χ2v) is 12.5. The van der Waals surface area contributed by atoms with Gasteiger partial charge in [0.05, 0.1) is 29.3 Å². The van der Waals surface area contributed by atoms with Crippen LogP contribution in [0, 0.1) is 11.3 Å². The molecule has 13 heteroatoms.